The van der Waals surface area contributed by atoms with Gasteiger partial charge in [0.15, 0.2) is 5.75 Å². The Morgan fingerprint density at radius 1 is 1.15 bits per heavy atom. The number of sulfonamides is 1. The van der Waals surface area contributed by atoms with Crippen molar-refractivity contribution < 1.29 is 33.0 Å². The van der Waals surface area contributed by atoms with Crippen molar-refractivity contribution in [3.8, 4) is 23.0 Å². The molecule has 11 nitrogen and oxygen atoms in total. The molecule has 144 valence electrons. The van der Waals surface area contributed by atoms with Crippen LogP contribution in [0.15, 0.2) is 40.3 Å². The number of hydrogen-bond donors (Lipinski definition) is 3. The molecule has 12 heteroatoms. The van der Waals surface area contributed by atoms with Gasteiger partial charge in [-0.3, -0.25) is 10.1 Å². The maximum absolute atomic E-state index is 12.4. The molecule has 3 N–H and O–H groups in total. The first-order valence-electron chi connectivity index (χ1n) is 7.17. The maximum Gasteiger partial charge on any atom is 0.311 e. The third-order valence-electron chi connectivity index (χ3n) is 3.36. The lowest BCUT2D eigenvalue weighted by Gasteiger charge is -2.10. The summed E-state index contributed by atoms with van der Waals surface area (Å²) >= 11 is 0. The lowest BCUT2D eigenvalue weighted by atomic mass is 10.2. The molecule has 0 amide bonds. The van der Waals surface area contributed by atoms with Crippen LogP contribution in [-0.4, -0.2) is 44.0 Å². The molecule has 0 bridgehead atoms. The molecular formula is C15H15N3O8S. The summed E-state index contributed by atoms with van der Waals surface area (Å²) in [7, 11) is -1.52. The van der Waals surface area contributed by atoms with E-state index in [-0.39, 0.29) is 22.0 Å². The summed E-state index contributed by atoms with van der Waals surface area (Å²) in [6.45, 7) is 0. The molecule has 0 radical (unpaired) electrons. The summed E-state index contributed by atoms with van der Waals surface area (Å²) in [4.78, 5) is 11.6. The fourth-order valence-corrected chi connectivity index (χ4v) is 3.02. The fourth-order valence-electron chi connectivity index (χ4n) is 2.04. The topological polar surface area (TPSA) is 161 Å². The predicted octanol–water partition coefficient (Wildman–Crippen LogP) is 1.34. The van der Waals surface area contributed by atoms with E-state index in [0.717, 1.165) is 18.3 Å². The summed E-state index contributed by atoms with van der Waals surface area (Å²) in [6, 6.07) is 5.72. The van der Waals surface area contributed by atoms with E-state index >= 15 is 0 Å². The number of benzene rings is 2. The van der Waals surface area contributed by atoms with Crippen molar-refractivity contribution in [3.05, 3.63) is 46.0 Å². The average molecular weight is 397 g/mol. The SMILES string of the molecule is COc1ccc(OC)c(S(=O)(=O)N/N=C/c2cc([N+](=O)[O-])c(O)cc2O)c1. The minimum absolute atomic E-state index is 0.0432. The number of nitrogens with one attached hydrogen (secondary N) is 1. The van der Waals surface area contributed by atoms with Crippen LogP contribution in [0.5, 0.6) is 23.0 Å². The van der Waals surface area contributed by atoms with Crippen molar-refractivity contribution >= 4 is 21.9 Å². The predicted molar refractivity (Wildman–Crippen MR) is 93.9 cm³/mol. The number of aromatic hydroxyl groups is 2. The zero-order valence-electron chi connectivity index (χ0n) is 14.1. The average Bonchev–Trinajstić information content (AvgIpc) is 2.62. The second-order valence-electron chi connectivity index (χ2n) is 5.03. The van der Waals surface area contributed by atoms with E-state index in [4.69, 9.17) is 9.47 Å². The molecule has 0 unspecified atom stereocenters. The summed E-state index contributed by atoms with van der Waals surface area (Å²) in [5.41, 5.74) is -0.855. The van der Waals surface area contributed by atoms with Crippen LogP contribution in [0.25, 0.3) is 0 Å². The Morgan fingerprint density at radius 2 is 1.85 bits per heavy atom. The molecule has 0 saturated heterocycles. The van der Waals surface area contributed by atoms with Gasteiger partial charge in [0.05, 0.1) is 25.4 Å². The number of phenols is 2. The third-order valence-corrected chi connectivity index (χ3v) is 4.60. The maximum atomic E-state index is 12.4. The highest BCUT2D eigenvalue weighted by Crippen LogP contribution is 2.32. The van der Waals surface area contributed by atoms with Gasteiger partial charge in [-0.2, -0.15) is 18.4 Å². The highest BCUT2D eigenvalue weighted by atomic mass is 32.2. The van der Waals surface area contributed by atoms with Crippen molar-refractivity contribution in [2.45, 2.75) is 4.90 Å². The number of nitro benzene ring substituents is 1. The first-order chi connectivity index (χ1) is 12.7. The van der Waals surface area contributed by atoms with Gasteiger partial charge in [0.1, 0.15) is 22.1 Å². The Balaban J connectivity index is 2.33. The van der Waals surface area contributed by atoms with Crippen LogP contribution < -0.4 is 14.3 Å². The molecule has 0 heterocycles. The van der Waals surface area contributed by atoms with Gasteiger partial charge < -0.3 is 19.7 Å². The Bertz CT molecular complexity index is 1000. The van der Waals surface area contributed by atoms with E-state index < -0.39 is 32.1 Å². The molecule has 27 heavy (non-hydrogen) atoms. The van der Waals surface area contributed by atoms with Crippen molar-refractivity contribution in [3.63, 3.8) is 0 Å². The van der Waals surface area contributed by atoms with Crippen LogP contribution in [0.2, 0.25) is 0 Å². The first kappa shape index (κ1) is 19.8. The van der Waals surface area contributed by atoms with E-state index in [0.29, 0.717) is 0 Å². The van der Waals surface area contributed by atoms with Crippen molar-refractivity contribution in [2.75, 3.05) is 14.2 Å². The lowest BCUT2D eigenvalue weighted by Crippen LogP contribution is -2.19. The van der Waals surface area contributed by atoms with E-state index in [1.54, 1.807) is 0 Å². The number of methoxy groups -OCH3 is 2. The van der Waals surface area contributed by atoms with E-state index in [1.807, 2.05) is 4.83 Å². The Kier molecular flexibility index (Phi) is 5.70. The number of rotatable bonds is 7. The van der Waals surface area contributed by atoms with Crippen LogP contribution in [-0.2, 0) is 10.0 Å². The molecule has 2 aromatic carbocycles. The number of hydrogen-bond acceptors (Lipinski definition) is 9. The van der Waals surface area contributed by atoms with Gasteiger partial charge in [0.2, 0.25) is 0 Å². The number of phenolic OH excluding ortho intramolecular Hbond substituents is 2. The van der Waals surface area contributed by atoms with E-state index in [2.05, 4.69) is 5.10 Å². The summed E-state index contributed by atoms with van der Waals surface area (Å²) in [5.74, 6) is -0.954. The lowest BCUT2D eigenvalue weighted by molar-refractivity contribution is -0.385. The molecule has 2 rings (SSSR count). The van der Waals surface area contributed by atoms with Gasteiger partial charge in [0, 0.05) is 23.8 Å². The van der Waals surface area contributed by atoms with Crippen molar-refractivity contribution in [1.82, 2.24) is 4.83 Å². The molecule has 0 saturated carbocycles. The summed E-state index contributed by atoms with van der Waals surface area (Å²) in [5, 5.41) is 33.4. The molecule has 0 aliphatic heterocycles. The van der Waals surface area contributed by atoms with Crippen LogP contribution in [0.4, 0.5) is 5.69 Å². The molecule has 0 spiro atoms. The van der Waals surface area contributed by atoms with Crippen molar-refractivity contribution in [1.29, 1.82) is 0 Å². The van der Waals surface area contributed by atoms with Crippen LogP contribution in [0.1, 0.15) is 5.56 Å². The number of nitrogens with zero attached hydrogens (tertiary/aromatic N) is 2. The van der Waals surface area contributed by atoms with Gasteiger partial charge in [-0.1, -0.05) is 0 Å². The fraction of sp³-hybridized carbons (Fsp3) is 0.133. The van der Waals surface area contributed by atoms with Crippen LogP contribution >= 0.6 is 0 Å². The zero-order chi connectivity index (χ0) is 20.2. The van der Waals surface area contributed by atoms with Crippen LogP contribution in [0.3, 0.4) is 0 Å². The van der Waals surface area contributed by atoms with Gasteiger partial charge in [-0.05, 0) is 12.1 Å². The highest BCUT2D eigenvalue weighted by Gasteiger charge is 2.20. The zero-order valence-corrected chi connectivity index (χ0v) is 14.9. The Hall–Kier alpha value is -3.54. The molecule has 0 aliphatic carbocycles. The van der Waals surface area contributed by atoms with Crippen molar-refractivity contribution in [2.24, 2.45) is 5.10 Å². The largest absolute Gasteiger partial charge is 0.507 e. The third kappa shape index (κ3) is 4.36. The number of nitro groups is 1. The Labute approximate surface area is 153 Å². The minimum atomic E-state index is -4.17. The van der Waals surface area contributed by atoms with Crippen LogP contribution in [0, 0.1) is 10.1 Å². The highest BCUT2D eigenvalue weighted by molar-refractivity contribution is 7.89. The monoisotopic (exact) mass is 397 g/mol. The second kappa shape index (κ2) is 7.78. The second-order valence-corrected chi connectivity index (χ2v) is 6.66. The number of ether oxygens (including phenoxy) is 2. The number of hydrazone groups is 1. The van der Waals surface area contributed by atoms with Gasteiger partial charge in [0.25, 0.3) is 10.0 Å². The smallest absolute Gasteiger partial charge is 0.311 e. The molecule has 2 aromatic rings. The summed E-state index contributed by atoms with van der Waals surface area (Å²) < 4.78 is 34.8. The molecule has 0 aliphatic rings. The standard InChI is InChI=1S/C15H15N3O8S/c1-25-10-3-4-14(26-2)15(6-10)27(23,24)17-16-8-9-5-11(18(21)22)13(20)7-12(9)19/h3-8,17,19-20H,1-2H3/b16-8+. The van der Waals surface area contributed by atoms with Gasteiger partial charge >= 0.3 is 5.69 Å². The van der Waals surface area contributed by atoms with E-state index in [1.165, 1.54) is 32.4 Å². The van der Waals surface area contributed by atoms with E-state index in [9.17, 15) is 28.7 Å². The van der Waals surface area contributed by atoms with Gasteiger partial charge in [-0.15, -0.1) is 0 Å². The quantitative estimate of drug-likeness (QED) is 0.358. The van der Waals surface area contributed by atoms with Gasteiger partial charge in [-0.25, -0.2) is 0 Å². The normalized spacial score (nSPS) is 11.3. The molecule has 0 atom stereocenters. The summed E-state index contributed by atoms with van der Waals surface area (Å²) in [6.07, 6.45) is 0.853. The molecule has 0 aromatic heterocycles. The first-order valence-corrected chi connectivity index (χ1v) is 8.65. The minimum Gasteiger partial charge on any atom is -0.507 e. The molecular weight excluding hydrogens is 382 g/mol. The Morgan fingerprint density at radius 3 is 2.44 bits per heavy atom. The molecule has 0 fully saturated rings.